The Labute approximate surface area is 195 Å². The Bertz CT molecular complexity index is 1120. The maximum absolute atomic E-state index is 10.4. The van der Waals surface area contributed by atoms with Crippen molar-refractivity contribution in [3.05, 3.63) is 71.8 Å². The first-order chi connectivity index (χ1) is 13.9. The Morgan fingerprint density at radius 1 is 0.933 bits per heavy atom. The zero-order chi connectivity index (χ0) is 21.2. The summed E-state index contributed by atoms with van der Waals surface area (Å²) in [6.45, 7) is 4.51. The van der Waals surface area contributed by atoms with E-state index in [9.17, 15) is 5.11 Å². The average Bonchev–Trinajstić information content (AvgIpc) is 2.94. The van der Waals surface area contributed by atoms with Crippen molar-refractivity contribution in [2.24, 2.45) is 0 Å². The first-order valence-corrected chi connectivity index (χ1v) is 9.57. The third-order valence-corrected chi connectivity index (χ3v) is 5.57. The molecule has 0 unspecified atom stereocenters. The summed E-state index contributed by atoms with van der Waals surface area (Å²) in [6, 6.07) is 18.4. The van der Waals surface area contributed by atoms with Gasteiger partial charge in [-0.3, -0.25) is 0 Å². The van der Waals surface area contributed by atoms with Crippen molar-refractivity contribution in [1.29, 1.82) is 0 Å². The van der Waals surface area contributed by atoms with Gasteiger partial charge in [0.15, 0.2) is 17.2 Å². The molecule has 0 saturated heterocycles. The average molecular weight is 517 g/mol. The van der Waals surface area contributed by atoms with Crippen LogP contribution in [0.4, 0.5) is 5.69 Å². The molecule has 5 heteroatoms. The van der Waals surface area contributed by atoms with Gasteiger partial charge < -0.3 is 38.9 Å². The van der Waals surface area contributed by atoms with Gasteiger partial charge in [-0.2, -0.15) is 4.58 Å². The number of methoxy groups -OCH3 is 1. The molecule has 0 aromatic heterocycles. The number of hydrogen-bond acceptors (Lipinski definition) is 3. The SMILES string of the molecule is CO.COc1cccc(/C=C/C2=[N+](C)c3ccc4ccccc4c3C2(C)C)c1O.[I-]. The molecule has 3 aromatic carbocycles. The minimum atomic E-state index is -0.143. The lowest BCUT2D eigenvalue weighted by Gasteiger charge is -2.17. The number of aliphatic hydroxyl groups is 1. The summed E-state index contributed by atoms with van der Waals surface area (Å²) in [7, 11) is 4.67. The number of allylic oxidation sites excluding steroid dienone is 1. The molecule has 4 rings (SSSR count). The fourth-order valence-corrected chi connectivity index (χ4v) is 4.20. The monoisotopic (exact) mass is 517 g/mol. The number of phenolic OH excluding ortho intramolecular Hbond substituents is 1. The van der Waals surface area contributed by atoms with Gasteiger partial charge in [0.1, 0.15) is 7.05 Å². The number of phenols is 1. The summed E-state index contributed by atoms with van der Waals surface area (Å²) in [5, 5.41) is 19.9. The van der Waals surface area contributed by atoms with Crippen molar-refractivity contribution >= 4 is 28.2 Å². The molecular formula is C25H28INO3. The predicted molar refractivity (Wildman–Crippen MR) is 120 cm³/mol. The lowest BCUT2D eigenvalue weighted by atomic mass is 9.79. The van der Waals surface area contributed by atoms with Crippen LogP contribution in [0.15, 0.2) is 60.7 Å². The molecule has 0 saturated carbocycles. The molecule has 0 atom stereocenters. The van der Waals surface area contributed by atoms with Crippen LogP contribution < -0.4 is 28.7 Å². The van der Waals surface area contributed by atoms with Crippen LogP contribution >= 0.6 is 0 Å². The van der Waals surface area contributed by atoms with Crippen LogP contribution in [-0.4, -0.2) is 41.8 Å². The van der Waals surface area contributed by atoms with E-state index in [4.69, 9.17) is 9.84 Å². The van der Waals surface area contributed by atoms with E-state index < -0.39 is 0 Å². The van der Waals surface area contributed by atoms with Crippen molar-refractivity contribution in [2.45, 2.75) is 19.3 Å². The summed E-state index contributed by atoms with van der Waals surface area (Å²) in [5.41, 5.74) is 4.37. The highest BCUT2D eigenvalue weighted by molar-refractivity contribution is 6.09. The van der Waals surface area contributed by atoms with Gasteiger partial charge >= 0.3 is 0 Å². The van der Waals surface area contributed by atoms with Crippen LogP contribution in [0.3, 0.4) is 0 Å². The van der Waals surface area contributed by atoms with Gasteiger partial charge in [0.25, 0.3) is 0 Å². The predicted octanol–water partition coefficient (Wildman–Crippen LogP) is 1.89. The molecule has 30 heavy (non-hydrogen) atoms. The molecule has 0 fully saturated rings. The van der Waals surface area contributed by atoms with Crippen LogP contribution in [0, 0.1) is 0 Å². The zero-order valence-corrected chi connectivity index (χ0v) is 20.1. The van der Waals surface area contributed by atoms with Crippen molar-refractivity contribution in [2.75, 3.05) is 21.3 Å². The van der Waals surface area contributed by atoms with Crippen molar-refractivity contribution in [3.63, 3.8) is 0 Å². The molecule has 3 aromatic rings. The second-order valence-electron chi connectivity index (χ2n) is 7.48. The Hall–Kier alpha value is -2.38. The van der Waals surface area contributed by atoms with Crippen LogP contribution in [0.1, 0.15) is 25.0 Å². The number of para-hydroxylation sites is 1. The number of benzene rings is 3. The van der Waals surface area contributed by atoms with Crippen molar-refractivity contribution < 1.29 is 43.5 Å². The molecule has 0 aliphatic carbocycles. The topological polar surface area (TPSA) is 52.7 Å². The molecule has 1 aliphatic heterocycles. The molecule has 0 amide bonds. The molecule has 0 bridgehead atoms. The second-order valence-corrected chi connectivity index (χ2v) is 7.48. The number of ether oxygens (including phenoxy) is 1. The van der Waals surface area contributed by atoms with Gasteiger partial charge in [-0.15, -0.1) is 0 Å². The first kappa shape index (κ1) is 23.9. The molecule has 4 nitrogen and oxygen atoms in total. The molecular weight excluding hydrogens is 489 g/mol. The maximum atomic E-state index is 10.4. The number of nitrogens with zero attached hydrogens (tertiary/aromatic N) is 1. The van der Waals surface area contributed by atoms with E-state index in [1.54, 1.807) is 13.2 Å². The van der Waals surface area contributed by atoms with Crippen LogP contribution in [0.25, 0.3) is 16.8 Å². The summed E-state index contributed by atoms with van der Waals surface area (Å²) in [4.78, 5) is 0. The number of hydrogen-bond donors (Lipinski definition) is 2. The number of halogens is 1. The highest BCUT2D eigenvalue weighted by Gasteiger charge is 2.44. The first-order valence-electron chi connectivity index (χ1n) is 9.57. The van der Waals surface area contributed by atoms with Gasteiger partial charge in [-0.1, -0.05) is 36.4 Å². The Morgan fingerprint density at radius 3 is 2.33 bits per heavy atom. The molecule has 158 valence electrons. The van der Waals surface area contributed by atoms with Crippen molar-refractivity contribution in [3.8, 4) is 11.5 Å². The summed E-state index contributed by atoms with van der Waals surface area (Å²) in [5.74, 6) is 0.647. The standard InChI is InChI=1S/C24H23NO2.CH4O.HI/c1-24(2)21(15-13-17-9-7-11-20(27-4)23(17)26)25(3)19-14-12-16-8-5-6-10-18(16)22(19)24;1-2;/h5-15H,1-4H3;2H,1H3;1H. The number of aliphatic hydroxyl groups excluding tert-OH is 1. The van der Waals surface area contributed by atoms with Gasteiger partial charge in [0, 0.05) is 30.4 Å². The summed E-state index contributed by atoms with van der Waals surface area (Å²) in [6.07, 6.45) is 4.06. The van der Waals surface area contributed by atoms with E-state index in [2.05, 4.69) is 67.9 Å². The number of aromatic hydroxyl groups is 1. The van der Waals surface area contributed by atoms with Gasteiger partial charge in [0.2, 0.25) is 5.69 Å². The summed E-state index contributed by atoms with van der Waals surface area (Å²) < 4.78 is 7.46. The fourth-order valence-electron chi connectivity index (χ4n) is 4.20. The maximum Gasteiger partial charge on any atom is 0.210 e. The molecule has 0 radical (unpaired) electrons. The smallest absolute Gasteiger partial charge is 0.210 e. The Kier molecular flexibility index (Phi) is 7.66. The van der Waals surface area contributed by atoms with Crippen LogP contribution in [-0.2, 0) is 5.41 Å². The third-order valence-electron chi connectivity index (χ3n) is 5.57. The highest BCUT2D eigenvalue weighted by atomic mass is 127. The van der Waals surface area contributed by atoms with Crippen LogP contribution in [0.5, 0.6) is 11.5 Å². The molecule has 1 aliphatic rings. The fraction of sp³-hybridized carbons (Fsp3) is 0.240. The van der Waals surface area contributed by atoms with E-state index in [-0.39, 0.29) is 35.1 Å². The largest absolute Gasteiger partial charge is 1.00 e. The minimum absolute atomic E-state index is 0. The van der Waals surface area contributed by atoms with Gasteiger partial charge in [0.05, 0.1) is 12.5 Å². The van der Waals surface area contributed by atoms with E-state index in [1.807, 2.05) is 18.2 Å². The number of rotatable bonds is 3. The summed E-state index contributed by atoms with van der Waals surface area (Å²) >= 11 is 0. The van der Waals surface area contributed by atoms with E-state index >= 15 is 0 Å². The second kappa shape index (κ2) is 9.62. The molecule has 1 heterocycles. The Morgan fingerprint density at radius 2 is 1.63 bits per heavy atom. The van der Waals surface area contributed by atoms with Crippen molar-refractivity contribution in [1.82, 2.24) is 0 Å². The third kappa shape index (κ3) is 3.96. The normalized spacial score (nSPS) is 14.2. The lowest BCUT2D eigenvalue weighted by Crippen LogP contribution is -3.00. The van der Waals surface area contributed by atoms with E-state index in [0.29, 0.717) is 5.75 Å². The highest BCUT2D eigenvalue weighted by Crippen LogP contribution is 2.43. The van der Waals surface area contributed by atoms with Crippen LogP contribution in [0.2, 0.25) is 0 Å². The Balaban J connectivity index is 0.00000104. The molecule has 0 spiro atoms. The van der Waals surface area contributed by atoms with E-state index in [0.717, 1.165) is 12.7 Å². The molecule has 2 N–H and O–H groups in total. The quantitative estimate of drug-likeness (QED) is 0.413. The van der Waals surface area contributed by atoms with Gasteiger partial charge in [-0.05, 0) is 42.8 Å². The van der Waals surface area contributed by atoms with E-state index in [1.165, 1.54) is 27.7 Å². The zero-order valence-electron chi connectivity index (χ0n) is 18.0. The number of fused-ring (bicyclic) bond motifs is 3. The van der Waals surface area contributed by atoms with Gasteiger partial charge in [-0.25, -0.2) is 0 Å². The lowest BCUT2D eigenvalue weighted by molar-refractivity contribution is -0.401. The minimum Gasteiger partial charge on any atom is -1.00 e.